The second-order valence-electron chi connectivity index (χ2n) is 6.48. The monoisotopic (exact) mass is 389 g/mol. The average Bonchev–Trinajstić information content (AvgIpc) is 3.20. The Hall–Kier alpha value is -2.29. The molecule has 3 rings (SSSR count). The lowest BCUT2D eigenvalue weighted by molar-refractivity contribution is 0.0950. The van der Waals surface area contributed by atoms with Gasteiger partial charge in [-0.1, -0.05) is 24.3 Å². The fourth-order valence-corrected chi connectivity index (χ4v) is 4.01. The first-order chi connectivity index (χ1) is 13.0. The van der Waals surface area contributed by atoms with Crippen LogP contribution in [0.25, 0.3) is 0 Å². The van der Waals surface area contributed by atoms with Crippen molar-refractivity contribution in [3.8, 4) is 0 Å². The van der Waals surface area contributed by atoms with Crippen LogP contribution in [-0.2, 0) is 27.1 Å². The number of hydrogen-bond acceptors (Lipinski definition) is 5. The number of carbonyl (C=O) groups excluding carboxylic acids is 1. The second kappa shape index (κ2) is 9.07. The largest absolute Gasteiger partial charge is 0.377 e. The molecule has 0 saturated carbocycles. The number of hydrogen-bond donors (Lipinski definition) is 2. The van der Waals surface area contributed by atoms with Crippen LogP contribution in [0, 0.1) is 0 Å². The minimum absolute atomic E-state index is 0.0221. The van der Waals surface area contributed by atoms with Gasteiger partial charge in [0.1, 0.15) is 0 Å². The smallest absolute Gasteiger partial charge is 0.251 e. The maximum Gasteiger partial charge on any atom is 0.251 e. The first-order valence-electron chi connectivity index (χ1n) is 8.87. The molecule has 0 bridgehead atoms. The first-order valence-corrected chi connectivity index (χ1v) is 10.5. The number of pyridine rings is 1. The normalized spacial score (nSPS) is 17.0. The van der Waals surface area contributed by atoms with Gasteiger partial charge in [-0.3, -0.25) is 9.78 Å². The van der Waals surface area contributed by atoms with Gasteiger partial charge in [0.25, 0.3) is 5.91 Å². The van der Waals surface area contributed by atoms with Crippen molar-refractivity contribution in [2.45, 2.75) is 31.2 Å². The Morgan fingerprint density at radius 2 is 1.81 bits per heavy atom. The summed E-state index contributed by atoms with van der Waals surface area (Å²) in [6.45, 7) is 1.39. The lowest BCUT2D eigenvalue weighted by atomic mass is 10.1. The molecule has 7 nitrogen and oxygen atoms in total. The highest BCUT2D eigenvalue weighted by molar-refractivity contribution is 7.88. The Morgan fingerprint density at radius 3 is 2.48 bits per heavy atom. The maximum atomic E-state index is 12.2. The van der Waals surface area contributed by atoms with E-state index in [-0.39, 0.29) is 17.8 Å². The molecular formula is C19H23N3O4S. The van der Waals surface area contributed by atoms with E-state index < -0.39 is 10.0 Å². The Bertz CT molecular complexity index is 848. The molecule has 144 valence electrons. The van der Waals surface area contributed by atoms with Crippen molar-refractivity contribution in [2.75, 3.05) is 13.2 Å². The van der Waals surface area contributed by atoms with Crippen molar-refractivity contribution < 1.29 is 17.9 Å². The van der Waals surface area contributed by atoms with Gasteiger partial charge in [0.15, 0.2) is 0 Å². The summed E-state index contributed by atoms with van der Waals surface area (Å²) in [5, 5.41) is 2.82. The van der Waals surface area contributed by atoms with Gasteiger partial charge >= 0.3 is 0 Å². The summed E-state index contributed by atoms with van der Waals surface area (Å²) in [5.41, 5.74) is 2.13. The van der Waals surface area contributed by atoms with E-state index in [9.17, 15) is 13.2 Å². The zero-order valence-corrected chi connectivity index (χ0v) is 15.7. The molecule has 1 atom stereocenters. The molecule has 1 fully saturated rings. The predicted molar refractivity (Wildman–Crippen MR) is 101 cm³/mol. The third-order valence-corrected chi connectivity index (χ3v) is 5.65. The number of carbonyl (C=O) groups is 1. The topological polar surface area (TPSA) is 97.4 Å². The molecule has 0 radical (unpaired) electrons. The molecule has 1 unspecified atom stereocenters. The molecule has 1 aromatic heterocycles. The van der Waals surface area contributed by atoms with Crippen LogP contribution >= 0.6 is 0 Å². The number of nitrogens with zero attached hydrogens (tertiary/aromatic N) is 1. The molecule has 27 heavy (non-hydrogen) atoms. The summed E-state index contributed by atoms with van der Waals surface area (Å²) in [7, 11) is -3.40. The number of aromatic nitrogens is 1. The molecule has 2 N–H and O–H groups in total. The van der Waals surface area contributed by atoms with Crippen LogP contribution in [0.1, 0.15) is 34.3 Å². The fraction of sp³-hybridized carbons (Fsp3) is 0.368. The lowest BCUT2D eigenvalue weighted by Crippen LogP contribution is -2.32. The van der Waals surface area contributed by atoms with Crippen molar-refractivity contribution in [1.82, 2.24) is 15.0 Å². The highest BCUT2D eigenvalue weighted by atomic mass is 32.2. The minimum atomic E-state index is -3.40. The van der Waals surface area contributed by atoms with Gasteiger partial charge in [-0.2, -0.15) is 0 Å². The van der Waals surface area contributed by atoms with Crippen LogP contribution in [-0.4, -0.2) is 38.6 Å². The molecule has 1 saturated heterocycles. The standard InChI is InChI=1S/C19H23N3O4S/c23-19(17-7-9-20-10-8-17)21-12-15-3-5-16(6-4-15)14-27(24,25)22-13-18-2-1-11-26-18/h3-10,18,22H,1-2,11-14H2,(H,21,23). The SMILES string of the molecule is O=C(NCc1ccc(CS(=O)(=O)NCC2CCCO2)cc1)c1ccncc1. The van der Waals surface area contributed by atoms with Gasteiger partial charge in [-0.05, 0) is 36.1 Å². The van der Waals surface area contributed by atoms with Crippen LogP contribution in [0.4, 0.5) is 0 Å². The molecule has 1 aromatic carbocycles. The zero-order valence-electron chi connectivity index (χ0n) is 14.9. The molecule has 1 aliphatic rings. The second-order valence-corrected chi connectivity index (χ2v) is 8.28. The van der Waals surface area contributed by atoms with Crippen LogP contribution in [0.15, 0.2) is 48.8 Å². The van der Waals surface area contributed by atoms with Crippen molar-refractivity contribution in [2.24, 2.45) is 0 Å². The molecule has 2 aromatic rings. The molecule has 2 heterocycles. The predicted octanol–water partition coefficient (Wildman–Crippen LogP) is 1.61. The van der Waals surface area contributed by atoms with Crippen LogP contribution in [0.5, 0.6) is 0 Å². The van der Waals surface area contributed by atoms with Crippen LogP contribution < -0.4 is 10.0 Å². The molecule has 8 heteroatoms. The summed E-state index contributed by atoms with van der Waals surface area (Å²) in [6.07, 6.45) is 4.98. The summed E-state index contributed by atoms with van der Waals surface area (Å²) in [5.74, 6) is -0.258. The summed E-state index contributed by atoms with van der Waals surface area (Å²) >= 11 is 0. The van der Waals surface area contributed by atoms with Gasteiger partial charge in [-0.15, -0.1) is 0 Å². The Morgan fingerprint density at radius 1 is 1.11 bits per heavy atom. The Kier molecular flexibility index (Phi) is 6.54. The van der Waals surface area contributed by atoms with Gasteiger partial charge in [0, 0.05) is 37.7 Å². The number of amides is 1. The van der Waals surface area contributed by atoms with Gasteiger partial charge in [-0.25, -0.2) is 13.1 Å². The summed E-state index contributed by atoms with van der Waals surface area (Å²) in [6, 6.07) is 10.5. The number of ether oxygens (including phenoxy) is 1. The summed E-state index contributed by atoms with van der Waals surface area (Å²) in [4.78, 5) is 15.9. The Labute approximate surface area is 159 Å². The molecule has 1 amide bonds. The van der Waals surface area contributed by atoms with Crippen LogP contribution in [0.2, 0.25) is 0 Å². The van der Waals surface area contributed by atoms with Gasteiger partial charge < -0.3 is 10.1 Å². The molecule has 0 aliphatic carbocycles. The lowest BCUT2D eigenvalue weighted by Gasteiger charge is -2.11. The first kappa shape index (κ1) is 19.5. The summed E-state index contributed by atoms with van der Waals surface area (Å²) < 4.78 is 32.4. The number of rotatable bonds is 8. The van der Waals surface area contributed by atoms with E-state index in [0.717, 1.165) is 18.4 Å². The third kappa shape index (κ3) is 6.13. The van der Waals surface area contributed by atoms with E-state index in [0.29, 0.717) is 30.8 Å². The highest BCUT2D eigenvalue weighted by Crippen LogP contribution is 2.12. The van der Waals surface area contributed by atoms with Gasteiger partial charge in [0.2, 0.25) is 10.0 Å². The zero-order chi connectivity index (χ0) is 19.1. The van der Waals surface area contributed by atoms with E-state index in [4.69, 9.17) is 4.74 Å². The molecular weight excluding hydrogens is 366 g/mol. The van der Waals surface area contributed by atoms with Crippen LogP contribution in [0.3, 0.4) is 0 Å². The van der Waals surface area contributed by atoms with Crippen molar-refractivity contribution >= 4 is 15.9 Å². The van der Waals surface area contributed by atoms with E-state index in [1.165, 1.54) is 0 Å². The van der Waals surface area contributed by atoms with Crippen molar-refractivity contribution in [3.63, 3.8) is 0 Å². The van der Waals surface area contributed by atoms with Crippen molar-refractivity contribution in [3.05, 3.63) is 65.5 Å². The minimum Gasteiger partial charge on any atom is -0.377 e. The maximum absolute atomic E-state index is 12.2. The fourth-order valence-electron chi connectivity index (χ4n) is 2.84. The van der Waals surface area contributed by atoms with E-state index >= 15 is 0 Å². The van der Waals surface area contributed by atoms with Gasteiger partial charge in [0.05, 0.1) is 11.9 Å². The highest BCUT2D eigenvalue weighted by Gasteiger charge is 2.19. The van der Waals surface area contributed by atoms with E-state index in [1.54, 1.807) is 36.7 Å². The molecule has 1 aliphatic heterocycles. The van der Waals surface area contributed by atoms with Crippen molar-refractivity contribution in [1.29, 1.82) is 0 Å². The number of nitrogens with one attached hydrogen (secondary N) is 2. The average molecular weight is 389 g/mol. The Balaban J connectivity index is 1.48. The third-order valence-electron chi connectivity index (χ3n) is 4.33. The quantitative estimate of drug-likeness (QED) is 0.715. The van der Waals surface area contributed by atoms with E-state index in [1.807, 2.05) is 12.1 Å². The number of benzene rings is 1. The van der Waals surface area contributed by atoms with E-state index in [2.05, 4.69) is 15.0 Å². The molecule has 0 spiro atoms. The number of sulfonamides is 1.